The van der Waals surface area contributed by atoms with Crippen LogP contribution in [0.1, 0.15) is 44.1 Å². The maximum Gasteiger partial charge on any atom is 0.522 e. The first-order valence-corrected chi connectivity index (χ1v) is 11.4. The molecule has 1 unspecified atom stereocenters. The molecule has 0 aromatic heterocycles. The van der Waals surface area contributed by atoms with Gasteiger partial charge in [0, 0.05) is 23.5 Å². The molecular formula is C23H24F6N2O4. The third kappa shape index (κ3) is 4.56. The summed E-state index contributed by atoms with van der Waals surface area (Å²) in [5.74, 6) is -0.641. The van der Waals surface area contributed by atoms with Crippen molar-refractivity contribution in [2.24, 2.45) is 11.8 Å². The lowest BCUT2D eigenvalue weighted by Gasteiger charge is -2.73. The molecule has 0 spiro atoms. The van der Waals surface area contributed by atoms with E-state index in [4.69, 9.17) is 4.74 Å². The topological polar surface area (TPSA) is 67.9 Å². The van der Waals surface area contributed by atoms with Crippen LogP contribution < -0.4 is 10.1 Å². The molecule has 6 rings (SSSR count). The fourth-order valence-electron chi connectivity index (χ4n) is 6.20. The number of carbonyl (C=O) groups excluding carboxylic acids is 2. The summed E-state index contributed by atoms with van der Waals surface area (Å²) in [4.78, 5) is 27.1. The smallest absolute Gasteiger partial charge is 0.484 e. The van der Waals surface area contributed by atoms with E-state index in [1.165, 1.54) is 0 Å². The molecule has 5 aliphatic rings. The van der Waals surface area contributed by atoms with Gasteiger partial charge >= 0.3 is 12.5 Å². The fraction of sp³-hybridized carbons (Fsp3) is 0.652. The maximum atomic E-state index is 13.0. The third-order valence-corrected chi connectivity index (χ3v) is 7.78. The number of halogens is 6. The molecular weight excluding hydrogens is 482 g/mol. The molecule has 12 heteroatoms. The van der Waals surface area contributed by atoms with Crippen molar-refractivity contribution < 1.29 is 45.4 Å². The minimum Gasteiger partial charge on any atom is -0.484 e. The van der Waals surface area contributed by atoms with E-state index in [-0.39, 0.29) is 48.5 Å². The molecule has 2 bridgehead atoms. The van der Waals surface area contributed by atoms with Gasteiger partial charge in [-0.1, -0.05) is 0 Å². The van der Waals surface area contributed by atoms with Crippen molar-refractivity contribution in [2.45, 2.75) is 68.2 Å². The van der Waals surface area contributed by atoms with E-state index in [0.29, 0.717) is 32.2 Å². The monoisotopic (exact) mass is 506 g/mol. The molecule has 1 aromatic rings. The Morgan fingerprint density at radius 2 is 1.69 bits per heavy atom. The van der Waals surface area contributed by atoms with Crippen LogP contribution in [0.3, 0.4) is 0 Å². The molecule has 1 aliphatic heterocycles. The predicted octanol–water partition coefficient (Wildman–Crippen LogP) is 4.04. The molecule has 1 heterocycles. The molecule has 4 saturated carbocycles. The normalized spacial score (nSPS) is 34.1. The van der Waals surface area contributed by atoms with Crippen molar-refractivity contribution in [3.8, 4) is 5.75 Å². The highest BCUT2D eigenvalue weighted by Crippen LogP contribution is 2.65. The maximum absolute atomic E-state index is 13.0. The summed E-state index contributed by atoms with van der Waals surface area (Å²) in [6, 6.07) is 4.07. The molecule has 192 valence electrons. The van der Waals surface area contributed by atoms with Gasteiger partial charge in [-0.25, -0.2) is 0 Å². The Morgan fingerprint density at radius 1 is 1.06 bits per heavy atom. The molecule has 4 aliphatic carbocycles. The van der Waals surface area contributed by atoms with Gasteiger partial charge in [-0.15, -0.1) is 13.2 Å². The number of nitrogens with zero attached hydrogens (tertiary/aromatic N) is 1. The minimum atomic E-state index is -4.66. The van der Waals surface area contributed by atoms with Crippen molar-refractivity contribution >= 4 is 11.8 Å². The quantitative estimate of drug-likeness (QED) is 0.567. The fourth-order valence-corrected chi connectivity index (χ4v) is 6.20. The van der Waals surface area contributed by atoms with E-state index >= 15 is 0 Å². The molecule has 1 N–H and O–H groups in total. The Hall–Kier alpha value is -2.50. The molecule has 1 atom stereocenters. The van der Waals surface area contributed by atoms with E-state index in [9.17, 15) is 35.9 Å². The number of ether oxygens (including phenoxy) is 2. The van der Waals surface area contributed by atoms with Gasteiger partial charge in [-0.2, -0.15) is 13.2 Å². The van der Waals surface area contributed by atoms with Gasteiger partial charge < -0.3 is 15.0 Å². The molecule has 5 fully saturated rings. The van der Waals surface area contributed by atoms with Crippen molar-refractivity contribution in [1.82, 2.24) is 10.2 Å². The first-order chi connectivity index (χ1) is 16.3. The molecule has 1 aromatic carbocycles. The van der Waals surface area contributed by atoms with Gasteiger partial charge in [0.05, 0.1) is 11.7 Å². The van der Waals surface area contributed by atoms with Crippen molar-refractivity contribution in [1.29, 1.82) is 0 Å². The number of alkyl halides is 6. The zero-order valence-corrected chi connectivity index (χ0v) is 18.5. The summed E-state index contributed by atoms with van der Waals surface area (Å²) < 4.78 is 84.1. The predicted molar refractivity (Wildman–Crippen MR) is 108 cm³/mol. The highest BCUT2D eigenvalue weighted by molar-refractivity contribution is 5.84. The highest BCUT2D eigenvalue weighted by Gasteiger charge is 2.72. The minimum absolute atomic E-state index is 0.0225. The second kappa shape index (κ2) is 8.01. The number of benzene rings is 1. The van der Waals surface area contributed by atoms with Crippen molar-refractivity contribution in [3.63, 3.8) is 0 Å². The lowest BCUT2D eigenvalue weighted by atomic mass is 9.43. The molecule has 2 amide bonds. The molecule has 6 nitrogen and oxygen atoms in total. The van der Waals surface area contributed by atoms with E-state index in [2.05, 4.69) is 10.1 Å². The Kier molecular flexibility index (Phi) is 5.54. The number of hydrogen-bond acceptors (Lipinski definition) is 4. The summed E-state index contributed by atoms with van der Waals surface area (Å²) in [6.07, 6.45) is -7.09. The first kappa shape index (κ1) is 24.2. The average Bonchev–Trinajstić information content (AvgIpc) is 3.04. The first-order valence-electron chi connectivity index (χ1n) is 11.4. The van der Waals surface area contributed by atoms with E-state index in [0.717, 1.165) is 24.3 Å². The average molecular weight is 506 g/mol. The standard InChI is InChI=1S/C23H24F6N2O4/c24-22(25,26)14-1-3-15(4-2-14)34-9-18(32)30-20-10-21(11-20,12-20)31-6-5-17(19(31)33)13-7-16(8-13)35-23(27,28)29/h1-4,13,16-17H,5-12H2,(H,30,32)/t13-,16+,17?,20?,21?. The van der Waals surface area contributed by atoms with Gasteiger partial charge in [0.2, 0.25) is 5.91 Å². The van der Waals surface area contributed by atoms with Crippen LogP contribution >= 0.6 is 0 Å². The van der Waals surface area contributed by atoms with Gasteiger partial charge in [-0.05, 0) is 68.7 Å². The summed E-state index contributed by atoms with van der Waals surface area (Å²) >= 11 is 0. The Labute approximate surface area is 196 Å². The summed E-state index contributed by atoms with van der Waals surface area (Å²) in [6.45, 7) is 0.222. The van der Waals surface area contributed by atoms with Crippen LogP contribution in [0.5, 0.6) is 5.75 Å². The van der Waals surface area contributed by atoms with Crippen LogP contribution in [0.4, 0.5) is 26.3 Å². The van der Waals surface area contributed by atoms with E-state index in [1.807, 2.05) is 4.90 Å². The number of hydrogen-bond donors (Lipinski definition) is 1. The van der Waals surface area contributed by atoms with Crippen LogP contribution in [0.2, 0.25) is 0 Å². The number of likely N-dealkylation sites (tertiary alicyclic amines) is 1. The summed E-state index contributed by atoms with van der Waals surface area (Å²) in [5.41, 5.74) is -1.53. The van der Waals surface area contributed by atoms with Crippen molar-refractivity contribution in [2.75, 3.05) is 13.2 Å². The van der Waals surface area contributed by atoms with Gasteiger partial charge in [0.1, 0.15) is 5.75 Å². The number of amides is 2. The van der Waals surface area contributed by atoms with Gasteiger partial charge in [-0.3, -0.25) is 14.3 Å². The van der Waals surface area contributed by atoms with Crippen LogP contribution in [-0.4, -0.2) is 53.4 Å². The zero-order chi connectivity index (χ0) is 25.2. The SMILES string of the molecule is O=C(COc1ccc(C(F)(F)F)cc1)NC12CC(N3CCC([C@H]4C[C@@H](OC(F)(F)F)C4)C3=O)(C1)C2. The summed E-state index contributed by atoms with van der Waals surface area (Å²) in [7, 11) is 0. The van der Waals surface area contributed by atoms with Crippen LogP contribution in [-0.2, 0) is 20.5 Å². The van der Waals surface area contributed by atoms with Crippen LogP contribution in [0.15, 0.2) is 24.3 Å². The molecule has 35 heavy (non-hydrogen) atoms. The van der Waals surface area contributed by atoms with E-state index < -0.39 is 35.7 Å². The highest BCUT2D eigenvalue weighted by atomic mass is 19.4. The molecule has 0 radical (unpaired) electrons. The largest absolute Gasteiger partial charge is 0.522 e. The number of nitrogens with one attached hydrogen (secondary N) is 1. The number of carbonyl (C=O) groups is 2. The lowest BCUT2D eigenvalue weighted by Crippen LogP contribution is -2.84. The number of rotatable bonds is 7. The lowest BCUT2D eigenvalue weighted by molar-refractivity contribution is -0.355. The second-order valence-electron chi connectivity index (χ2n) is 10.2. The zero-order valence-electron chi connectivity index (χ0n) is 18.5. The second-order valence-corrected chi connectivity index (χ2v) is 10.2. The summed E-state index contributed by atoms with van der Waals surface area (Å²) in [5, 5.41) is 2.91. The van der Waals surface area contributed by atoms with Gasteiger partial charge in [0.15, 0.2) is 6.61 Å². The molecule has 1 saturated heterocycles. The van der Waals surface area contributed by atoms with Crippen molar-refractivity contribution in [3.05, 3.63) is 29.8 Å². The Morgan fingerprint density at radius 3 is 2.26 bits per heavy atom. The van der Waals surface area contributed by atoms with Gasteiger partial charge in [0.25, 0.3) is 5.91 Å². The van der Waals surface area contributed by atoms with Crippen LogP contribution in [0.25, 0.3) is 0 Å². The van der Waals surface area contributed by atoms with E-state index in [1.54, 1.807) is 0 Å². The third-order valence-electron chi connectivity index (χ3n) is 7.78. The Balaban J connectivity index is 1.05. The Bertz CT molecular complexity index is 983. The van der Waals surface area contributed by atoms with Crippen LogP contribution in [0, 0.1) is 11.8 Å².